The quantitative estimate of drug-likeness (QED) is 0.237. The lowest BCUT2D eigenvalue weighted by Gasteiger charge is -2.13. The average molecular weight is 522 g/mol. The fraction of sp³-hybridized carbons (Fsp3) is 0.444. The molecular formula is C18H20I2O2. The second-order valence-corrected chi connectivity index (χ2v) is 7.06. The second kappa shape index (κ2) is 11.9. The lowest BCUT2D eigenvalue weighted by Crippen LogP contribution is -2.02. The Kier molecular flexibility index (Phi) is 10.5. The largest absolute Gasteiger partial charge is 0.492 e. The summed E-state index contributed by atoms with van der Waals surface area (Å²) >= 11 is 4.56. The van der Waals surface area contributed by atoms with E-state index in [0.29, 0.717) is 13.2 Å². The van der Waals surface area contributed by atoms with Gasteiger partial charge in [-0.25, -0.2) is 0 Å². The summed E-state index contributed by atoms with van der Waals surface area (Å²) in [5.41, 5.74) is 0. The van der Waals surface area contributed by atoms with E-state index in [2.05, 4.69) is 57.0 Å². The molecule has 0 saturated heterocycles. The summed E-state index contributed by atoms with van der Waals surface area (Å²) in [6.07, 6.45) is 16.0. The molecule has 0 aromatic heterocycles. The molecule has 1 rings (SSSR count). The Bertz CT molecular complexity index is 491. The van der Waals surface area contributed by atoms with E-state index < -0.39 is 0 Å². The highest BCUT2D eigenvalue weighted by atomic mass is 127. The number of rotatable bonds is 10. The average Bonchev–Trinajstić information content (AvgIpc) is 2.51. The van der Waals surface area contributed by atoms with Crippen LogP contribution >= 0.6 is 45.2 Å². The van der Waals surface area contributed by atoms with Crippen molar-refractivity contribution in [3.63, 3.8) is 0 Å². The third kappa shape index (κ3) is 7.60. The molecule has 0 radical (unpaired) electrons. The van der Waals surface area contributed by atoms with Crippen molar-refractivity contribution in [1.82, 2.24) is 0 Å². The first kappa shape index (κ1) is 19.4. The number of terminal acetylenes is 2. The van der Waals surface area contributed by atoms with Gasteiger partial charge in [0.25, 0.3) is 0 Å². The van der Waals surface area contributed by atoms with E-state index in [1.807, 2.05) is 12.1 Å². The number of ether oxygens (including phenoxy) is 2. The molecule has 118 valence electrons. The van der Waals surface area contributed by atoms with Crippen LogP contribution in [0.4, 0.5) is 0 Å². The molecule has 1 aromatic rings. The molecule has 0 bridgehead atoms. The van der Waals surface area contributed by atoms with Crippen molar-refractivity contribution >= 4 is 45.2 Å². The van der Waals surface area contributed by atoms with Gasteiger partial charge in [-0.3, -0.25) is 0 Å². The molecule has 0 aliphatic heterocycles. The summed E-state index contributed by atoms with van der Waals surface area (Å²) in [4.78, 5) is 0. The van der Waals surface area contributed by atoms with Gasteiger partial charge in [-0.05, 0) is 83.0 Å². The van der Waals surface area contributed by atoms with Gasteiger partial charge >= 0.3 is 0 Å². The first-order valence-electron chi connectivity index (χ1n) is 7.30. The van der Waals surface area contributed by atoms with E-state index in [9.17, 15) is 0 Å². The smallest absolute Gasteiger partial charge is 0.133 e. The van der Waals surface area contributed by atoms with Crippen molar-refractivity contribution in [2.75, 3.05) is 13.2 Å². The van der Waals surface area contributed by atoms with E-state index in [0.717, 1.165) is 57.2 Å². The highest BCUT2D eigenvalue weighted by molar-refractivity contribution is 14.1. The molecule has 0 aliphatic carbocycles. The number of hydrogen-bond donors (Lipinski definition) is 0. The zero-order chi connectivity index (χ0) is 16.2. The highest BCUT2D eigenvalue weighted by Gasteiger charge is 2.09. The van der Waals surface area contributed by atoms with Crippen molar-refractivity contribution in [1.29, 1.82) is 0 Å². The molecule has 0 fully saturated rings. The summed E-state index contributed by atoms with van der Waals surface area (Å²) < 4.78 is 13.8. The first-order valence-corrected chi connectivity index (χ1v) is 9.46. The Morgan fingerprint density at radius 2 is 1.18 bits per heavy atom. The summed E-state index contributed by atoms with van der Waals surface area (Å²) in [6, 6.07) is 4.06. The van der Waals surface area contributed by atoms with Crippen LogP contribution in [0.1, 0.15) is 38.5 Å². The third-order valence-corrected chi connectivity index (χ3v) is 4.62. The Labute approximate surface area is 161 Å². The van der Waals surface area contributed by atoms with E-state index in [1.54, 1.807) is 0 Å². The molecule has 0 N–H and O–H groups in total. The van der Waals surface area contributed by atoms with Crippen LogP contribution in [-0.4, -0.2) is 13.2 Å². The topological polar surface area (TPSA) is 18.5 Å². The lowest BCUT2D eigenvalue weighted by atomic mass is 10.2. The van der Waals surface area contributed by atoms with Crippen molar-refractivity contribution < 1.29 is 9.47 Å². The molecule has 0 aliphatic rings. The van der Waals surface area contributed by atoms with Crippen LogP contribution in [0, 0.1) is 31.8 Å². The Hall–Kier alpha value is -0.600. The van der Waals surface area contributed by atoms with Crippen molar-refractivity contribution in [2.45, 2.75) is 38.5 Å². The summed E-state index contributed by atoms with van der Waals surface area (Å²) in [6.45, 7) is 1.39. The zero-order valence-electron chi connectivity index (χ0n) is 12.5. The molecule has 0 saturated carbocycles. The van der Waals surface area contributed by atoms with Crippen molar-refractivity contribution in [3.05, 3.63) is 19.3 Å². The maximum atomic E-state index is 5.82. The predicted molar refractivity (Wildman–Crippen MR) is 108 cm³/mol. The summed E-state index contributed by atoms with van der Waals surface area (Å²) in [5.74, 6) is 7.10. The van der Waals surface area contributed by atoms with Crippen LogP contribution in [0.5, 0.6) is 11.5 Å². The third-order valence-electron chi connectivity index (χ3n) is 2.93. The van der Waals surface area contributed by atoms with Crippen LogP contribution in [0.2, 0.25) is 0 Å². The minimum Gasteiger partial charge on any atom is -0.492 e. The lowest BCUT2D eigenvalue weighted by molar-refractivity contribution is 0.296. The minimum atomic E-state index is 0.694. The van der Waals surface area contributed by atoms with Crippen molar-refractivity contribution in [3.8, 4) is 36.2 Å². The summed E-state index contributed by atoms with van der Waals surface area (Å²) in [7, 11) is 0. The molecule has 2 nitrogen and oxygen atoms in total. The molecule has 1 aromatic carbocycles. The molecule has 0 atom stereocenters. The van der Waals surface area contributed by atoms with Gasteiger partial charge in [0, 0.05) is 12.8 Å². The maximum Gasteiger partial charge on any atom is 0.133 e. The first-order chi connectivity index (χ1) is 10.7. The van der Waals surface area contributed by atoms with Gasteiger partial charge in [0.05, 0.1) is 20.4 Å². The van der Waals surface area contributed by atoms with Crippen LogP contribution in [0.15, 0.2) is 12.1 Å². The van der Waals surface area contributed by atoms with Gasteiger partial charge in [0.2, 0.25) is 0 Å². The maximum absolute atomic E-state index is 5.82. The molecule has 4 heteroatoms. The van der Waals surface area contributed by atoms with Crippen molar-refractivity contribution in [2.24, 2.45) is 0 Å². The molecular weight excluding hydrogens is 502 g/mol. The van der Waals surface area contributed by atoms with E-state index in [1.165, 1.54) is 0 Å². The van der Waals surface area contributed by atoms with E-state index in [-0.39, 0.29) is 0 Å². The number of hydrogen-bond acceptors (Lipinski definition) is 2. The fourth-order valence-electron chi connectivity index (χ4n) is 1.75. The molecule has 0 heterocycles. The van der Waals surface area contributed by atoms with Gasteiger partial charge in [-0.2, -0.15) is 0 Å². The second-order valence-electron chi connectivity index (χ2n) is 4.73. The molecule has 22 heavy (non-hydrogen) atoms. The Morgan fingerprint density at radius 3 is 1.55 bits per heavy atom. The zero-order valence-corrected chi connectivity index (χ0v) is 16.9. The monoisotopic (exact) mass is 522 g/mol. The van der Waals surface area contributed by atoms with Gasteiger partial charge in [-0.15, -0.1) is 24.7 Å². The predicted octanol–water partition coefficient (Wildman–Crippen LogP) is 5.26. The Balaban J connectivity index is 2.46. The molecule has 0 unspecified atom stereocenters. The SMILES string of the molecule is C#CCCCCOc1cc(I)c(OCCCCC#C)cc1I. The van der Waals surface area contributed by atoms with Crippen LogP contribution < -0.4 is 9.47 Å². The minimum absolute atomic E-state index is 0.694. The number of unbranched alkanes of at least 4 members (excludes halogenated alkanes) is 4. The highest BCUT2D eigenvalue weighted by Crippen LogP contribution is 2.31. The number of halogens is 2. The Morgan fingerprint density at radius 1 is 0.773 bits per heavy atom. The fourth-order valence-corrected chi connectivity index (χ4v) is 2.94. The molecule has 0 spiro atoms. The molecule has 0 amide bonds. The van der Waals surface area contributed by atoms with Gasteiger partial charge in [0.1, 0.15) is 11.5 Å². The van der Waals surface area contributed by atoms with Gasteiger partial charge in [0.15, 0.2) is 0 Å². The van der Waals surface area contributed by atoms with Crippen LogP contribution in [0.25, 0.3) is 0 Å². The number of benzene rings is 1. The van der Waals surface area contributed by atoms with Gasteiger partial charge < -0.3 is 9.47 Å². The standard InChI is InChI=1S/C18H20I2O2/c1-3-5-7-9-11-21-17-13-16(20)18(14-15(17)19)22-12-10-8-6-4-2/h1-2,13-14H,5-12H2. The van der Waals surface area contributed by atoms with Crippen LogP contribution in [0.3, 0.4) is 0 Å². The summed E-state index contributed by atoms with van der Waals surface area (Å²) in [5, 5.41) is 0. The van der Waals surface area contributed by atoms with Gasteiger partial charge in [-0.1, -0.05) is 0 Å². The normalized spacial score (nSPS) is 9.82. The van der Waals surface area contributed by atoms with E-state index in [4.69, 9.17) is 22.3 Å². The van der Waals surface area contributed by atoms with E-state index >= 15 is 0 Å². The van der Waals surface area contributed by atoms with Crippen LogP contribution in [-0.2, 0) is 0 Å².